The van der Waals surface area contributed by atoms with E-state index in [2.05, 4.69) is 16.9 Å². The highest BCUT2D eigenvalue weighted by atomic mass is 32.1. The molecule has 0 aliphatic heterocycles. The molecule has 0 aromatic carbocycles. The minimum absolute atomic E-state index is 0.317. The Morgan fingerprint density at radius 1 is 1.40 bits per heavy atom. The number of rotatable bonds is 2. The Labute approximate surface area is 91.1 Å². The van der Waals surface area contributed by atoms with E-state index in [4.69, 9.17) is 0 Å². The Balaban J connectivity index is 2.36. The number of aromatic nitrogens is 2. The molecule has 0 amide bonds. The molecule has 4 heteroatoms. The molecule has 2 aromatic rings. The number of hydrogen-bond acceptors (Lipinski definition) is 3. The maximum absolute atomic E-state index is 13.2. The van der Waals surface area contributed by atoms with E-state index in [9.17, 15) is 4.39 Å². The van der Waals surface area contributed by atoms with Gasteiger partial charge in [-0.25, -0.2) is 14.4 Å². The lowest BCUT2D eigenvalue weighted by Crippen LogP contribution is -1.83. The van der Waals surface area contributed by atoms with Gasteiger partial charge in [0.1, 0.15) is 5.83 Å². The minimum Gasteiger partial charge on any atom is -0.237 e. The molecule has 0 atom stereocenters. The van der Waals surface area contributed by atoms with Gasteiger partial charge in [0.2, 0.25) is 0 Å². The van der Waals surface area contributed by atoms with Crippen molar-refractivity contribution in [3.05, 3.63) is 47.8 Å². The molecule has 0 unspecified atom stereocenters. The summed E-state index contributed by atoms with van der Waals surface area (Å²) in [5.41, 5.74) is 0.826. The van der Waals surface area contributed by atoms with E-state index in [1.54, 1.807) is 24.5 Å². The van der Waals surface area contributed by atoms with Crippen molar-refractivity contribution >= 4 is 17.2 Å². The summed E-state index contributed by atoms with van der Waals surface area (Å²) in [6.45, 7) is 3.38. The molecule has 2 rings (SSSR count). The van der Waals surface area contributed by atoms with Crippen molar-refractivity contribution in [3.63, 3.8) is 0 Å². The van der Waals surface area contributed by atoms with Gasteiger partial charge >= 0.3 is 0 Å². The Morgan fingerprint density at radius 2 is 2.13 bits per heavy atom. The Kier molecular flexibility index (Phi) is 2.87. The molecule has 0 aliphatic rings. The van der Waals surface area contributed by atoms with E-state index in [1.807, 2.05) is 5.38 Å². The lowest BCUT2D eigenvalue weighted by molar-refractivity contribution is 0.764. The molecule has 0 saturated heterocycles. The summed E-state index contributed by atoms with van der Waals surface area (Å²) in [5.74, 6) is 0.291. The maximum atomic E-state index is 13.2. The van der Waals surface area contributed by atoms with Crippen LogP contribution in [-0.2, 0) is 0 Å². The van der Waals surface area contributed by atoms with Crippen molar-refractivity contribution in [2.75, 3.05) is 0 Å². The van der Waals surface area contributed by atoms with Crippen molar-refractivity contribution in [2.45, 2.75) is 0 Å². The van der Waals surface area contributed by atoms with E-state index in [-0.39, 0.29) is 5.83 Å². The van der Waals surface area contributed by atoms with Crippen LogP contribution in [0.2, 0.25) is 0 Å². The zero-order valence-electron chi connectivity index (χ0n) is 7.85. The lowest BCUT2D eigenvalue weighted by atomic mass is 10.3. The van der Waals surface area contributed by atoms with Crippen molar-refractivity contribution in [1.29, 1.82) is 0 Å². The molecule has 1 radical (unpaired) electrons. The zero-order valence-corrected chi connectivity index (χ0v) is 8.67. The summed E-state index contributed by atoms with van der Waals surface area (Å²) in [7, 11) is 0. The summed E-state index contributed by atoms with van der Waals surface area (Å²) >= 11 is 1.31. The van der Waals surface area contributed by atoms with Gasteiger partial charge in [-0.15, -0.1) is 11.3 Å². The van der Waals surface area contributed by atoms with E-state index < -0.39 is 0 Å². The van der Waals surface area contributed by atoms with Gasteiger partial charge in [-0.3, -0.25) is 0 Å². The van der Waals surface area contributed by atoms with Gasteiger partial charge in [-0.05, 0) is 25.1 Å². The second-order valence-electron chi connectivity index (χ2n) is 2.82. The van der Waals surface area contributed by atoms with Gasteiger partial charge in [0.15, 0.2) is 5.82 Å². The van der Waals surface area contributed by atoms with Crippen LogP contribution in [0.1, 0.15) is 4.88 Å². The first kappa shape index (κ1) is 9.98. The number of allylic oxidation sites excluding steroid dienone is 1. The van der Waals surface area contributed by atoms with Crippen LogP contribution < -0.4 is 0 Å². The van der Waals surface area contributed by atoms with Gasteiger partial charge < -0.3 is 0 Å². The zero-order chi connectivity index (χ0) is 10.7. The van der Waals surface area contributed by atoms with Gasteiger partial charge in [-0.2, -0.15) is 0 Å². The van der Waals surface area contributed by atoms with E-state index in [1.165, 1.54) is 17.4 Å². The van der Waals surface area contributed by atoms with Crippen molar-refractivity contribution < 1.29 is 4.39 Å². The number of nitrogens with zero attached hydrogens (tertiary/aromatic N) is 2. The van der Waals surface area contributed by atoms with E-state index in [0.717, 1.165) is 5.56 Å². The van der Waals surface area contributed by atoms with Gasteiger partial charge in [0.05, 0.1) is 4.88 Å². The average molecular weight is 219 g/mol. The third-order valence-electron chi connectivity index (χ3n) is 1.84. The van der Waals surface area contributed by atoms with Crippen molar-refractivity contribution in [2.24, 2.45) is 0 Å². The fourth-order valence-electron chi connectivity index (χ4n) is 1.13. The van der Waals surface area contributed by atoms with Crippen LogP contribution in [-0.4, -0.2) is 9.97 Å². The largest absolute Gasteiger partial charge is 0.237 e. The molecule has 75 valence electrons. The summed E-state index contributed by atoms with van der Waals surface area (Å²) < 4.78 is 13.2. The van der Waals surface area contributed by atoms with E-state index in [0.29, 0.717) is 10.7 Å². The molecule has 2 aromatic heterocycles. The molecule has 0 spiro atoms. The molecule has 0 bridgehead atoms. The van der Waals surface area contributed by atoms with Gasteiger partial charge in [0.25, 0.3) is 0 Å². The standard InChI is InChI=1S/C11H8FN2S/c1-2-9(12)10-6-8(7-15-10)11-13-4-3-5-14-11/h2-7H,1H2/b9-2+. The highest BCUT2D eigenvalue weighted by Gasteiger charge is 2.06. The highest BCUT2D eigenvalue weighted by molar-refractivity contribution is 7.11. The van der Waals surface area contributed by atoms with Crippen molar-refractivity contribution in [3.8, 4) is 11.4 Å². The molecule has 15 heavy (non-hydrogen) atoms. The average Bonchev–Trinajstić information content (AvgIpc) is 2.78. The fraction of sp³-hybridized carbons (Fsp3) is 0. The van der Waals surface area contributed by atoms with Crippen LogP contribution in [0.3, 0.4) is 0 Å². The smallest absolute Gasteiger partial charge is 0.159 e. The number of hydrogen-bond donors (Lipinski definition) is 0. The van der Waals surface area contributed by atoms with Crippen LogP contribution in [0.4, 0.5) is 4.39 Å². The molecular formula is C11H8FN2S. The van der Waals surface area contributed by atoms with Gasteiger partial charge in [0, 0.05) is 23.3 Å². The topological polar surface area (TPSA) is 25.8 Å². The van der Waals surface area contributed by atoms with Crippen LogP contribution in [0.5, 0.6) is 0 Å². The Bertz CT molecular complexity index is 476. The first-order valence-electron chi connectivity index (χ1n) is 4.32. The van der Waals surface area contributed by atoms with E-state index >= 15 is 0 Å². The third-order valence-corrected chi connectivity index (χ3v) is 2.78. The lowest BCUT2D eigenvalue weighted by Gasteiger charge is -1.92. The molecule has 0 fully saturated rings. The Morgan fingerprint density at radius 3 is 2.80 bits per heavy atom. The summed E-state index contributed by atoms with van der Waals surface area (Å²) in [4.78, 5) is 8.72. The quantitative estimate of drug-likeness (QED) is 0.774. The minimum atomic E-state index is -0.317. The monoisotopic (exact) mass is 219 g/mol. The SMILES string of the molecule is [CH2]/C=C(/F)c1cc(-c2ncccn2)cs1. The van der Waals surface area contributed by atoms with Gasteiger partial charge in [-0.1, -0.05) is 0 Å². The predicted molar refractivity (Wildman–Crippen MR) is 59.8 cm³/mol. The number of thiophene rings is 1. The summed E-state index contributed by atoms with van der Waals surface area (Å²) in [6.07, 6.45) is 4.52. The molecule has 2 heterocycles. The summed E-state index contributed by atoms with van der Waals surface area (Å²) in [5, 5.41) is 1.83. The van der Waals surface area contributed by atoms with Crippen LogP contribution in [0.15, 0.2) is 36.0 Å². The summed E-state index contributed by atoms with van der Waals surface area (Å²) in [6, 6.07) is 3.46. The molecular weight excluding hydrogens is 211 g/mol. The first-order valence-corrected chi connectivity index (χ1v) is 5.20. The predicted octanol–water partition coefficient (Wildman–Crippen LogP) is 3.35. The first-order chi connectivity index (χ1) is 7.31. The normalized spacial score (nSPS) is 11.7. The second-order valence-corrected chi connectivity index (χ2v) is 3.74. The molecule has 0 N–H and O–H groups in total. The van der Waals surface area contributed by atoms with Crippen LogP contribution in [0, 0.1) is 6.92 Å². The molecule has 0 aliphatic carbocycles. The molecule has 0 saturated carbocycles. The van der Waals surface area contributed by atoms with Crippen LogP contribution >= 0.6 is 11.3 Å². The number of halogens is 1. The van der Waals surface area contributed by atoms with Crippen LogP contribution in [0.25, 0.3) is 17.2 Å². The van der Waals surface area contributed by atoms with Crippen molar-refractivity contribution in [1.82, 2.24) is 9.97 Å². The second kappa shape index (κ2) is 4.31. The Hall–Kier alpha value is -1.55. The third kappa shape index (κ3) is 2.10. The highest BCUT2D eigenvalue weighted by Crippen LogP contribution is 2.28. The molecule has 2 nitrogen and oxygen atoms in total. The maximum Gasteiger partial charge on any atom is 0.159 e. The fourth-order valence-corrected chi connectivity index (χ4v) is 1.95.